The number of methoxy groups -OCH3 is 1. The monoisotopic (exact) mass is 359 g/mol. The number of amides is 1. The van der Waals surface area contributed by atoms with E-state index in [0.717, 1.165) is 5.56 Å². The maximum atomic E-state index is 12.7. The van der Waals surface area contributed by atoms with Crippen LogP contribution in [0.25, 0.3) is 0 Å². The van der Waals surface area contributed by atoms with Crippen molar-refractivity contribution in [1.29, 1.82) is 5.26 Å². The molecule has 3 aromatic rings. The summed E-state index contributed by atoms with van der Waals surface area (Å²) in [5.41, 5.74) is 1.18. The number of anilines is 1. The number of hydrogen-bond acceptors (Lipinski definition) is 4. The molecule has 0 unspecified atom stereocenters. The van der Waals surface area contributed by atoms with Crippen LogP contribution in [0.1, 0.15) is 21.5 Å². The first-order valence-electron chi connectivity index (χ1n) is 8.25. The molecule has 0 aliphatic heterocycles. The fraction of sp³-hybridized carbons (Fsp3) is 0.0952. The molecule has 27 heavy (non-hydrogen) atoms. The third-order valence-electron chi connectivity index (χ3n) is 4.05. The molecule has 1 N–H and O–H groups in total. The number of ether oxygens (including phenoxy) is 1. The maximum Gasteiger partial charge on any atom is 0.263 e. The van der Waals surface area contributed by atoms with Gasteiger partial charge >= 0.3 is 0 Å². The maximum absolute atomic E-state index is 12.7. The molecule has 0 fully saturated rings. The summed E-state index contributed by atoms with van der Waals surface area (Å²) >= 11 is 0. The van der Waals surface area contributed by atoms with Gasteiger partial charge in [-0.05, 0) is 42.0 Å². The molecule has 0 bridgehead atoms. The van der Waals surface area contributed by atoms with Crippen LogP contribution in [-0.4, -0.2) is 17.6 Å². The van der Waals surface area contributed by atoms with E-state index < -0.39 is 11.5 Å². The van der Waals surface area contributed by atoms with Crippen molar-refractivity contribution in [3.05, 3.63) is 93.9 Å². The highest BCUT2D eigenvalue weighted by molar-refractivity contribution is 6.04. The number of hydrogen-bond donors (Lipinski definition) is 1. The second-order valence-corrected chi connectivity index (χ2v) is 5.82. The summed E-state index contributed by atoms with van der Waals surface area (Å²) in [7, 11) is 1.58. The Morgan fingerprint density at radius 1 is 1.15 bits per heavy atom. The molecule has 0 aliphatic carbocycles. The van der Waals surface area contributed by atoms with Crippen molar-refractivity contribution in [2.75, 3.05) is 12.4 Å². The van der Waals surface area contributed by atoms with Gasteiger partial charge in [0.1, 0.15) is 17.4 Å². The van der Waals surface area contributed by atoms with Gasteiger partial charge in [-0.2, -0.15) is 5.26 Å². The Morgan fingerprint density at radius 2 is 1.96 bits per heavy atom. The lowest BCUT2D eigenvalue weighted by molar-refractivity contribution is 0.102. The van der Waals surface area contributed by atoms with Gasteiger partial charge in [0.05, 0.1) is 24.9 Å². The van der Waals surface area contributed by atoms with Crippen molar-refractivity contribution >= 4 is 11.6 Å². The number of pyridine rings is 1. The highest BCUT2D eigenvalue weighted by atomic mass is 16.5. The largest absolute Gasteiger partial charge is 0.497 e. The zero-order valence-electron chi connectivity index (χ0n) is 14.7. The summed E-state index contributed by atoms with van der Waals surface area (Å²) in [6.45, 7) is 0.311. The fourth-order valence-corrected chi connectivity index (χ4v) is 2.68. The van der Waals surface area contributed by atoms with E-state index in [4.69, 9.17) is 10.00 Å². The van der Waals surface area contributed by atoms with Gasteiger partial charge in [-0.25, -0.2) is 0 Å². The molecule has 0 spiro atoms. The third kappa shape index (κ3) is 4.05. The minimum absolute atomic E-state index is 0.00754. The van der Waals surface area contributed by atoms with Gasteiger partial charge in [0.15, 0.2) is 0 Å². The van der Waals surface area contributed by atoms with Gasteiger partial charge in [-0.1, -0.05) is 24.3 Å². The number of rotatable bonds is 5. The van der Waals surface area contributed by atoms with Crippen LogP contribution in [0, 0.1) is 11.3 Å². The van der Waals surface area contributed by atoms with Crippen LogP contribution in [0.3, 0.4) is 0 Å². The lowest BCUT2D eigenvalue weighted by Crippen LogP contribution is -2.29. The van der Waals surface area contributed by atoms with Gasteiger partial charge in [-0.15, -0.1) is 0 Å². The summed E-state index contributed by atoms with van der Waals surface area (Å²) in [6.07, 6.45) is 1.63. The van der Waals surface area contributed by atoms with E-state index in [2.05, 4.69) is 5.32 Å². The Kier molecular flexibility index (Phi) is 5.33. The van der Waals surface area contributed by atoms with Crippen LogP contribution in [0.15, 0.2) is 71.7 Å². The normalized spacial score (nSPS) is 10.1. The number of aromatic nitrogens is 1. The minimum Gasteiger partial charge on any atom is -0.497 e. The summed E-state index contributed by atoms with van der Waals surface area (Å²) in [5.74, 6) is 0.144. The van der Waals surface area contributed by atoms with E-state index in [1.165, 1.54) is 10.6 Å². The van der Waals surface area contributed by atoms with Crippen LogP contribution in [0.4, 0.5) is 5.69 Å². The molecule has 0 saturated heterocycles. The average molecular weight is 359 g/mol. The van der Waals surface area contributed by atoms with E-state index in [1.54, 1.807) is 43.6 Å². The van der Waals surface area contributed by atoms with E-state index in [1.807, 2.05) is 30.3 Å². The number of nitriles is 1. The van der Waals surface area contributed by atoms with Crippen LogP contribution in [0.5, 0.6) is 5.75 Å². The highest BCUT2D eigenvalue weighted by Gasteiger charge is 2.14. The first kappa shape index (κ1) is 18.0. The van der Waals surface area contributed by atoms with Crippen molar-refractivity contribution in [1.82, 2.24) is 4.57 Å². The van der Waals surface area contributed by atoms with Crippen molar-refractivity contribution in [2.45, 2.75) is 6.54 Å². The van der Waals surface area contributed by atoms with Crippen molar-refractivity contribution in [3.63, 3.8) is 0 Å². The van der Waals surface area contributed by atoms with Crippen LogP contribution < -0.4 is 15.6 Å². The van der Waals surface area contributed by atoms with Gasteiger partial charge in [0.2, 0.25) is 0 Å². The number of para-hydroxylation sites is 1. The predicted molar refractivity (Wildman–Crippen MR) is 102 cm³/mol. The molecular formula is C21H17N3O3. The second-order valence-electron chi connectivity index (χ2n) is 5.82. The molecule has 0 saturated carbocycles. The Morgan fingerprint density at radius 3 is 2.74 bits per heavy atom. The Hall–Kier alpha value is -3.85. The minimum atomic E-state index is -0.553. The first-order chi connectivity index (χ1) is 13.1. The van der Waals surface area contributed by atoms with E-state index in [0.29, 0.717) is 23.5 Å². The SMILES string of the molecule is COc1cccc(Cn2cccc(C(=O)Nc3ccccc3C#N)c2=O)c1. The van der Waals surface area contributed by atoms with Crippen molar-refractivity contribution in [3.8, 4) is 11.8 Å². The number of nitrogens with zero attached hydrogens (tertiary/aromatic N) is 2. The molecule has 0 aliphatic rings. The Labute approximate surface area is 156 Å². The molecule has 1 aromatic heterocycles. The molecule has 1 amide bonds. The van der Waals surface area contributed by atoms with Gasteiger partial charge in [0, 0.05) is 6.20 Å². The van der Waals surface area contributed by atoms with Crippen LogP contribution in [-0.2, 0) is 6.54 Å². The molecule has 3 rings (SSSR count). The molecule has 134 valence electrons. The number of carbonyl (C=O) groups is 1. The van der Waals surface area contributed by atoms with E-state index in [9.17, 15) is 9.59 Å². The molecule has 6 heteroatoms. The molecule has 0 atom stereocenters. The summed E-state index contributed by atoms with van der Waals surface area (Å²) < 4.78 is 6.65. The average Bonchev–Trinajstić information content (AvgIpc) is 2.70. The van der Waals surface area contributed by atoms with Crippen LogP contribution >= 0.6 is 0 Å². The standard InChI is InChI=1S/C21H17N3O3/c1-27-17-8-4-6-15(12-17)14-24-11-5-9-18(21(24)26)20(25)23-19-10-3-2-7-16(19)13-22/h2-12H,14H2,1H3,(H,23,25). The predicted octanol–water partition coefficient (Wildman–Crippen LogP) is 3.03. The topological polar surface area (TPSA) is 84.1 Å². The molecule has 6 nitrogen and oxygen atoms in total. The lowest BCUT2D eigenvalue weighted by atomic mass is 10.1. The summed E-state index contributed by atoms with van der Waals surface area (Å²) in [5, 5.41) is 11.8. The zero-order valence-corrected chi connectivity index (χ0v) is 14.7. The fourth-order valence-electron chi connectivity index (χ4n) is 2.68. The number of nitrogens with one attached hydrogen (secondary N) is 1. The lowest BCUT2D eigenvalue weighted by Gasteiger charge is -2.10. The highest BCUT2D eigenvalue weighted by Crippen LogP contribution is 2.15. The Balaban J connectivity index is 1.87. The summed E-state index contributed by atoms with van der Waals surface area (Å²) in [6, 6.07) is 19.1. The molecular weight excluding hydrogens is 342 g/mol. The van der Waals surface area contributed by atoms with Crippen molar-refractivity contribution < 1.29 is 9.53 Å². The van der Waals surface area contributed by atoms with E-state index >= 15 is 0 Å². The van der Waals surface area contributed by atoms with Gasteiger partial charge in [0.25, 0.3) is 11.5 Å². The second kappa shape index (κ2) is 8.02. The smallest absolute Gasteiger partial charge is 0.263 e. The molecule has 1 heterocycles. The van der Waals surface area contributed by atoms with Gasteiger partial charge < -0.3 is 14.6 Å². The zero-order chi connectivity index (χ0) is 19.2. The molecule has 2 aromatic carbocycles. The van der Waals surface area contributed by atoms with Crippen molar-refractivity contribution in [2.24, 2.45) is 0 Å². The van der Waals surface area contributed by atoms with E-state index in [-0.39, 0.29) is 5.56 Å². The Bertz CT molecular complexity index is 1080. The van der Waals surface area contributed by atoms with Gasteiger partial charge in [-0.3, -0.25) is 9.59 Å². The first-order valence-corrected chi connectivity index (χ1v) is 8.25. The molecule has 0 radical (unpaired) electrons. The van der Waals surface area contributed by atoms with Crippen LogP contribution in [0.2, 0.25) is 0 Å². The third-order valence-corrected chi connectivity index (χ3v) is 4.05. The number of benzene rings is 2. The summed E-state index contributed by atoms with van der Waals surface area (Å²) in [4.78, 5) is 25.3. The number of carbonyl (C=O) groups excluding carboxylic acids is 1. The quantitative estimate of drug-likeness (QED) is 0.759.